The normalized spacial score (nSPS) is 13.6. The predicted molar refractivity (Wildman–Crippen MR) is 91.9 cm³/mol. The highest BCUT2D eigenvalue weighted by Gasteiger charge is 2.27. The summed E-state index contributed by atoms with van der Waals surface area (Å²) in [6, 6.07) is 2.29. The number of carbonyl (C=O) groups excluding carboxylic acids is 1. The molecule has 1 aromatic rings. The molecule has 0 aliphatic carbocycles. The number of carboxylic acids is 1. The molecule has 1 rings (SSSR count). The molecule has 0 aromatic heterocycles. The maximum absolute atomic E-state index is 12.2. The lowest BCUT2D eigenvalue weighted by molar-refractivity contribution is -0.140. The lowest BCUT2D eigenvalue weighted by Gasteiger charge is -2.20. The van der Waals surface area contributed by atoms with Crippen molar-refractivity contribution in [1.82, 2.24) is 5.32 Å². The van der Waals surface area contributed by atoms with Crippen molar-refractivity contribution >= 4 is 57.1 Å². The van der Waals surface area contributed by atoms with E-state index < -0.39 is 17.9 Å². The predicted octanol–water partition coefficient (Wildman–Crippen LogP) is 2.83. The van der Waals surface area contributed by atoms with E-state index in [1.54, 1.807) is 13.0 Å². The Morgan fingerprint density at radius 3 is 2.45 bits per heavy atom. The van der Waals surface area contributed by atoms with Crippen LogP contribution in [0.4, 0.5) is 0 Å². The number of hydrogen-bond acceptors (Lipinski definition) is 3. The second kappa shape index (κ2) is 7.43. The standard InChI is InChI=1S/C13H15I2NO4/c1-3-6(2)10(13(19)20)16-12(18)8-4-7(14)5-9(15)11(8)17/h4-6,10,17H,3H2,1-2H3,(H,16,18)(H,19,20)/t6?,10-/m0/s1. The molecule has 0 heterocycles. The Morgan fingerprint density at radius 1 is 1.35 bits per heavy atom. The van der Waals surface area contributed by atoms with Gasteiger partial charge in [-0.2, -0.15) is 0 Å². The Balaban J connectivity index is 3.04. The highest BCUT2D eigenvalue weighted by atomic mass is 127. The number of benzene rings is 1. The molecule has 1 amide bonds. The van der Waals surface area contributed by atoms with Gasteiger partial charge in [0.25, 0.3) is 5.91 Å². The van der Waals surface area contributed by atoms with Crippen LogP contribution in [-0.4, -0.2) is 28.1 Å². The second-order valence-corrected chi connectivity index (χ2v) is 6.87. The summed E-state index contributed by atoms with van der Waals surface area (Å²) in [5.41, 5.74) is 0.0934. The van der Waals surface area contributed by atoms with Gasteiger partial charge in [-0.25, -0.2) is 4.79 Å². The van der Waals surface area contributed by atoms with Crippen molar-refractivity contribution in [2.24, 2.45) is 5.92 Å². The molecule has 2 atom stereocenters. The van der Waals surface area contributed by atoms with Gasteiger partial charge in [0.2, 0.25) is 0 Å². The van der Waals surface area contributed by atoms with E-state index in [0.29, 0.717) is 9.99 Å². The minimum atomic E-state index is -1.08. The Labute approximate surface area is 144 Å². The quantitative estimate of drug-likeness (QED) is 0.540. The number of phenolic OH excluding ortho intramolecular Hbond substituents is 1. The van der Waals surface area contributed by atoms with Gasteiger partial charge in [0.1, 0.15) is 11.8 Å². The topological polar surface area (TPSA) is 86.6 Å². The Bertz CT molecular complexity index is 533. The summed E-state index contributed by atoms with van der Waals surface area (Å²) < 4.78 is 1.35. The van der Waals surface area contributed by atoms with Crippen LogP contribution in [0, 0.1) is 13.1 Å². The van der Waals surface area contributed by atoms with E-state index in [1.807, 2.05) is 52.1 Å². The van der Waals surface area contributed by atoms with E-state index in [9.17, 15) is 14.7 Å². The van der Waals surface area contributed by atoms with Crippen molar-refractivity contribution in [1.29, 1.82) is 0 Å². The summed E-state index contributed by atoms with van der Waals surface area (Å²) in [5.74, 6) is -1.98. The van der Waals surface area contributed by atoms with Crippen LogP contribution >= 0.6 is 45.2 Å². The average Bonchev–Trinajstić information content (AvgIpc) is 2.38. The zero-order valence-electron chi connectivity index (χ0n) is 11.0. The van der Waals surface area contributed by atoms with Gasteiger partial charge < -0.3 is 15.5 Å². The minimum Gasteiger partial charge on any atom is -0.506 e. The molecule has 110 valence electrons. The van der Waals surface area contributed by atoms with Crippen molar-refractivity contribution < 1.29 is 19.8 Å². The monoisotopic (exact) mass is 503 g/mol. The molecule has 1 aromatic carbocycles. The highest BCUT2D eigenvalue weighted by Crippen LogP contribution is 2.27. The summed E-state index contributed by atoms with van der Waals surface area (Å²) in [7, 11) is 0. The summed E-state index contributed by atoms with van der Waals surface area (Å²) >= 11 is 3.96. The third kappa shape index (κ3) is 4.21. The van der Waals surface area contributed by atoms with E-state index in [2.05, 4.69) is 5.32 Å². The number of rotatable bonds is 5. The van der Waals surface area contributed by atoms with Crippen LogP contribution in [0.2, 0.25) is 0 Å². The van der Waals surface area contributed by atoms with Crippen molar-refractivity contribution in [3.05, 3.63) is 24.8 Å². The first kappa shape index (κ1) is 17.5. The molecule has 0 saturated carbocycles. The zero-order chi connectivity index (χ0) is 15.4. The van der Waals surface area contributed by atoms with Gasteiger partial charge in [-0.3, -0.25) is 4.79 Å². The van der Waals surface area contributed by atoms with Crippen molar-refractivity contribution in [3.63, 3.8) is 0 Å². The van der Waals surface area contributed by atoms with Gasteiger partial charge in [0, 0.05) is 3.57 Å². The van der Waals surface area contributed by atoms with Crippen LogP contribution in [0.1, 0.15) is 30.6 Å². The molecule has 0 aliphatic rings. The first-order chi connectivity index (χ1) is 9.27. The number of hydrogen-bond donors (Lipinski definition) is 3. The summed E-state index contributed by atoms with van der Waals surface area (Å²) in [5, 5.41) is 21.6. The number of carbonyl (C=O) groups is 2. The number of aliphatic carboxylic acids is 1. The number of aromatic hydroxyl groups is 1. The summed E-state index contributed by atoms with van der Waals surface area (Å²) in [4.78, 5) is 23.4. The van der Waals surface area contributed by atoms with Crippen LogP contribution in [0.5, 0.6) is 5.75 Å². The van der Waals surface area contributed by atoms with E-state index in [0.717, 1.165) is 3.57 Å². The molecule has 0 fully saturated rings. The van der Waals surface area contributed by atoms with Crippen LogP contribution in [0.15, 0.2) is 12.1 Å². The first-order valence-corrected chi connectivity index (χ1v) is 8.15. The molecule has 0 bridgehead atoms. The van der Waals surface area contributed by atoms with Crippen molar-refractivity contribution in [2.75, 3.05) is 0 Å². The Kier molecular flexibility index (Phi) is 6.49. The third-order valence-corrected chi connectivity index (χ3v) is 4.48. The zero-order valence-corrected chi connectivity index (χ0v) is 15.3. The number of amides is 1. The second-order valence-electron chi connectivity index (χ2n) is 4.46. The molecular weight excluding hydrogens is 488 g/mol. The molecule has 0 radical (unpaired) electrons. The van der Waals surface area contributed by atoms with Crippen LogP contribution < -0.4 is 5.32 Å². The van der Waals surface area contributed by atoms with Crippen molar-refractivity contribution in [2.45, 2.75) is 26.3 Å². The number of phenols is 1. The lowest BCUT2D eigenvalue weighted by Crippen LogP contribution is -2.45. The Morgan fingerprint density at radius 2 is 1.95 bits per heavy atom. The summed E-state index contributed by atoms with van der Waals surface area (Å²) in [6.45, 7) is 3.62. The summed E-state index contributed by atoms with van der Waals surface area (Å²) in [6.07, 6.45) is 0.632. The molecule has 7 heteroatoms. The van der Waals surface area contributed by atoms with Gasteiger partial charge >= 0.3 is 5.97 Å². The largest absolute Gasteiger partial charge is 0.506 e. The average molecular weight is 503 g/mol. The van der Waals surface area contributed by atoms with Gasteiger partial charge in [0.15, 0.2) is 0 Å². The molecular formula is C13H15I2NO4. The molecule has 0 saturated heterocycles. The number of halogens is 2. The van der Waals surface area contributed by atoms with E-state index in [1.165, 1.54) is 6.07 Å². The third-order valence-electron chi connectivity index (χ3n) is 3.04. The SMILES string of the molecule is CCC(C)[C@H](NC(=O)c1cc(I)cc(I)c1O)C(=O)O. The van der Waals surface area contributed by atoms with Gasteiger partial charge in [-0.1, -0.05) is 20.3 Å². The lowest BCUT2D eigenvalue weighted by atomic mass is 9.99. The Hall–Kier alpha value is -0.580. The van der Waals surface area contributed by atoms with Gasteiger partial charge in [-0.15, -0.1) is 0 Å². The van der Waals surface area contributed by atoms with E-state index in [4.69, 9.17) is 5.11 Å². The molecule has 5 nitrogen and oxygen atoms in total. The number of carboxylic acid groups (broad SMARTS) is 1. The smallest absolute Gasteiger partial charge is 0.326 e. The van der Waals surface area contributed by atoms with Crippen molar-refractivity contribution in [3.8, 4) is 5.75 Å². The molecule has 0 aliphatic heterocycles. The molecule has 3 N–H and O–H groups in total. The van der Waals surface area contributed by atoms with Crippen LogP contribution in [0.25, 0.3) is 0 Å². The maximum atomic E-state index is 12.2. The fourth-order valence-corrected chi connectivity index (χ4v) is 3.49. The number of nitrogens with one attached hydrogen (secondary N) is 1. The fraction of sp³-hybridized carbons (Fsp3) is 0.385. The van der Waals surface area contributed by atoms with Crippen LogP contribution in [0.3, 0.4) is 0 Å². The maximum Gasteiger partial charge on any atom is 0.326 e. The molecule has 1 unspecified atom stereocenters. The highest BCUT2D eigenvalue weighted by molar-refractivity contribution is 14.1. The van der Waals surface area contributed by atoms with Gasteiger partial charge in [0.05, 0.1) is 9.13 Å². The minimum absolute atomic E-state index is 0.0934. The van der Waals surface area contributed by atoms with Gasteiger partial charge in [-0.05, 0) is 63.2 Å². The van der Waals surface area contributed by atoms with Crippen LogP contribution in [-0.2, 0) is 4.79 Å². The van der Waals surface area contributed by atoms with E-state index >= 15 is 0 Å². The van der Waals surface area contributed by atoms with E-state index in [-0.39, 0.29) is 17.2 Å². The first-order valence-electron chi connectivity index (χ1n) is 5.99. The fourth-order valence-electron chi connectivity index (χ4n) is 1.64. The molecule has 20 heavy (non-hydrogen) atoms. The molecule has 0 spiro atoms.